The van der Waals surface area contributed by atoms with Crippen LogP contribution in [0, 0.1) is 0 Å². The minimum Gasteiger partial charge on any atom is -0.252 e. The van der Waals surface area contributed by atoms with Crippen LogP contribution in [-0.2, 0) is 12.8 Å². The Morgan fingerprint density at radius 2 is 1.53 bits per heavy atom. The molecule has 38 heavy (non-hydrogen) atoms. The number of allylic oxidation sites excluding steroid dienone is 5. The van der Waals surface area contributed by atoms with Gasteiger partial charge in [0, 0.05) is 17.7 Å². The zero-order chi connectivity index (χ0) is 26.9. The molecule has 0 saturated heterocycles. The van der Waals surface area contributed by atoms with Gasteiger partial charge in [0.1, 0.15) is 0 Å². The summed E-state index contributed by atoms with van der Waals surface area (Å²) in [6, 6.07) is 32.4. The molecular formula is C37H39N. The van der Waals surface area contributed by atoms with Crippen LogP contribution in [0.5, 0.6) is 0 Å². The molecule has 0 radical (unpaired) electrons. The fraction of sp³-hybridized carbons (Fsp3) is 0.216. The van der Waals surface area contributed by atoms with Crippen molar-refractivity contribution in [3.05, 3.63) is 144 Å². The van der Waals surface area contributed by atoms with Gasteiger partial charge in [0.2, 0.25) is 0 Å². The molecule has 0 amide bonds. The molecule has 0 aliphatic heterocycles. The van der Waals surface area contributed by atoms with E-state index in [0.717, 1.165) is 36.2 Å². The minimum absolute atomic E-state index is 0.496. The smallest absolute Gasteiger partial charge is 0.0711 e. The average molecular weight is 498 g/mol. The lowest BCUT2D eigenvalue weighted by atomic mass is 9.86. The van der Waals surface area contributed by atoms with Crippen LogP contribution in [0.25, 0.3) is 28.0 Å². The number of benzene rings is 3. The Hall–Kier alpha value is -3.97. The molecule has 0 N–H and O–H groups in total. The van der Waals surface area contributed by atoms with Gasteiger partial charge in [-0.25, -0.2) is 0 Å². The summed E-state index contributed by atoms with van der Waals surface area (Å²) in [5.74, 6) is 0.496. The normalized spacial score (nSPS) is 12.8. The van der Waals surface area contributed by atoms with Gasteiger partial charge in [-0.3, -0.25) is 4.98 Å². The molecule has 3 aromatic carbocycles. The molecule has 1 heterocycles. The summed E-state index contributed by atoms with van der Waals surface area (Å²) in [6.45, 7) is 13.1. The first-order valence-electron chi connectivity index (χ1n) is 13.8. The summed E-state index contributed by atoms with van der Waals surface area (Å²) in [4.78, 5) is 5.06. The van der Waals surface area contributed by atoms with Crippen LogP contribution in [0.4, 0.5) is 0 Å². The largest absolute Gasteiger partial charge is 0.252 e. The standard InChI is InChI=1S/C37H39N/c1-6-27(4)34(35-23-22-29(8-3)24-36(35)28(5)7-2)21-15-20-33-25-32(30-16-11-9-12-17-30)26-37(38-33)31-18-13-10-14-19-31/h6,9-19,21-26,28H,1,7-8,20H2,2-5H3/b21-15-,34-27+. The van der Waals surface area contributed by atoms with Gasteiger partial charge in [-0.05, 0) is 76.8 Å². The lowest BCUT2D eigenvalue weighted by molar-refractivity contribution is 0.730. The van der Waals surface area contributed by atoms with Crippen molar-refractivity contribution in [1.82, 2.24) is 4.98 Å². The number of aryl methyl sites for hydroxylation is 1. The highest BCUT2D eigenvalue weighted by atomic mass is 14.7. The van der Waals surface area contributed by atoms with Crippen LogP contribution in [0.2, 0.25) is 0 Å². The first-order valence-corrected chi connectivity index (χ1v) is 13.8. The van der Waals surface area contributed by atoms with Gasteiger partial charge >= 0.3 is 0 Å². The van der Waals surface area contributed by atoms with Crippen LogP contribution in [0.15, 0.2) is 121 Å². The summed E-state index contributed by atoms with van der Waals surface area (Å²) in [5, 5.41) is 0. The molecule has 0 spiro atoms. The maximum absolute atomic E-state index is 5.06. The third-order valence-corrected chi connectivity index (χ3v) is 7.36. The van der Waals surface area contributed by atoms with Gasteiger partial charge in [0.15, 0.2) is 0 Å². The second-order valence-electron chi connectivity index (χ2n) is 9.96. The van der Waals surface area contributed by atoms with Crippen molar-refractivity contribution >= 4 is 5.57 Å². The maximum atomic E-state index is 5.06. The van der Waals surface area contributed by atoms with Crippen LogP contribution in [0.3, 0.4) is 0 Å². The van der Waals surface area contributed by atoms with Crippen LogP contribution >= 0.6 is 0 Å². The summed E-state index contributed by atoms with van der Waals surface area (Å²) in [5.41, 5.74) is 12.1. The number of nitrogens with zero attached hydrogens (tertiary/aromatic N) is 1. The molecule has 4 rings (SSSR count). The van der Waals surface area contributed by atoms with Gasteiger partial charge in [0.25, 0.3) is 0 Å². The third kappa shape index (κ3) is 6.47. The Labute approximate surface area is 229 Å². The van der Waals surface area contributed by atoms with E-state index in [4.69, 9.17) is 4.98 Å². The number of hydrogen-bond acceptors (Lipinski definition) is 1. The average Bonchev–Trinajstić information content (AvgIpc) is 2.99. The van der Waals surface area contributed by atoms with Crippen molar-refractivity contribution in [2.75, 3.05) is 0 Å². The van der Waals surface area contributed by atoms with E-state index in [1.807, 2.05) is 12.1 Å². The fourth-order valence-electron chi connectivity index (χ4n) is 4.79. The maximum Gasteiger partial charge on any atom is 0.0711 e. The highest BCUT2D eigenvalue weighted by Crippen LogP contribution is 2.32. The highest BCUT2D eigenvalue weighted by Gasteiger charge is 2.14. The first kappa shape index (κ1) is 27.1. The van der Waals surface area contributed by atoms with E-state index in [1.54, 1.807) is 0 Å². The predicted octanol–water partition coefficient (Wildman–Crippen LogP) is 10.2. The molecular weight excluding hydrogens is 458 g/mol. The molecule has 0 aliphatic carbocycles. The monoisotopic (exact) mass is 497 g/mol. The first-order chi connectivity index (χ1) is 18.5. The van der Waals surface area contributed by atoms with Gasteiger partial charge in [-0.2, -0.15) is 0 Å². The lowest BCUT2D eigenvalue weighted by Gasteiger charge is -2.19. The van der Waals surface area contributed by atoms with Crippen LogP contribution < -0.4 is 0 Å². The molecule has 0 aliphatic rings. The van der Waals surface area contributed by atoms with E-state index < -0.39 is 0 Å². The molecule has 1 unspecified atom stereocenters. The summed E-state index contributed by atoms with van der Waals surface area (Å²) >= 11 is 0. The van der Waals surface area contributed by atoms with Crippen molar-refractivity contribution in [3.8, 4) is 22.4 Å². The van der Waals surface area contributed by atoms with Crippen molar-refractivity contribution in [1.29, 1.82) is 0 Å². The van der Waals surface area contributed by atoms with Crippen molar-refractivity contribution in [2.45, 2.75) is 52.9 Å². The number of aromatic nitrogens is 1. The summed E-state index contributed by atoms with van der Waals surface area (Å²) in [6.07, 6.45) is 9.40. The Kier molecular flexibility index (Phi) is 9.27. The predicted molar refractivity (Wildman–Crippen MR) is 165 cm³/mol. The van der Waals surface area contributed by atoms with E-state index >= 15 is 0 Å². The number of rotatable bonds is 10. The molecule has 1 nitrogen and oxygen atoms in total. The van der Waals surface area contributed by atoms with Gasteiger partial charge in [-0.15, -0.1) is 0 Å². The Morgan fingerprint density at radius 3 is 2.16 bits per heavy atom. The van der Waals surface area contributed by atoms with Gasteiger partial charge < -0.3 is 0 Å². The Bertz CT molecular complexity index is 1370. The van der Waals surface area contributed by atoms with Crippen molar-refractivity contribution in [3.63, 3.8) is 0 Å². The molecule has 0 fully saturated rings. The van der Waals surface area contributed by atoms with Gasteiger partial charge in [-0.1, -0.05) is 124 Å². The van der Waals surface area contributed by atoms with Gasteiger partial charge in [0.05, 0.1) is 5.69 Å². The van der Waals surface area contributed by atoms with E-state index in [-0.39, 0.29) is 0 Å². The third-order valence-electron chi connectivity index (χ3n) is 7.36. The van der Waals surface area contributed by atoms with E-state index in [0.29, 0.717) is 5.92 Å². The van der Waals surface area contributed by atoms with Crippen molar-refractivity contribution in [2.24, 2.45) is 0 Å². The molecule has 0 bridgehead atoms. The highest BCUT2D eigenvalue weighted by molar-refractivity contribution is 5.80. The molecule has 1 heteroatoms. The second-order valence-corrected chi connectivity index (χ2v) is 9.96. The lowest BCUT2D eigenvalue weighted by Crippen LogP contribution is -2.00. The molecule has 1 atom stereocenters. The minimum atomic E-state index is 0.496. The van der Waals surface area contributed by atoms with E-state index in [1.165, 1.54) is 39.0 Å². The summed E-state index contributed by atoms with van der Waals surface area (Å²) < 4.78 is 0. The van der Waals surface area contributed by atoms with Crippen molar-refractivity contribution < 1.29 is 0 Å². The molecule has 0 saturated carbocycles. The fourth-order valence-corrected chi connectivity index (χ4v) is 4.79. The SMILES string of the molecule is C=C/C(C)=C(\C=C/Cc1cc(-c2ccccc2)cc(-c2ccccc2)n1)c1ccc(CC)cc1C(C)CC. The van der Waals surface area contributed by atoms with E-state index in [2.05, 4.69) is 131 Å². The molecule has 192 valence electrons. The second kappa shape index (κ2) is 13.0. The van der Waals surface area contributed by atoms with E-state index in [9.17, 15) is 0 Å². The number of hydrogen-bond donors (Lipinski definition) is 0. The topological polar surface area (TPSA) is 12.9 Å². The van der Waals surface area contributed by atoms with Crippen LogP contribution in [0.1, 0.15) is 62.4 Å². The Balaban J connectivity index is 1.72. The van der Waals surface area contributed by atoms with Crippen LogP contribution in [-0.4, -0.2) is 4.98 Å². The quantitative estimate of drug-likeness (QED) is 0.199. The Morgan fingerprint density at radius 1 is 0.842 bits per heavy atom. The number of pyridine rings is 1. The molecule has 1 aromatic heterocycles. The zero-order valence-electron chi connectivity index (χ0n) is 23.2. The molecule has 4 aromatic rings. The summed E-state index contributed by atoms with van der Waals surface area (Å²) in [7, 11) is 0. The zero-order valence-corrected chi connectivity index (χ0v) is 23.2.